The lowest BCUT2D eigenvalue weighted by atomic mass is 9.79. The number of esters is 1. The Balaban J connectivity index is 0.00000342. The predicted octanol–water partition coefficient (Wildman–Crippen LogP) is -4.65. The number of nitrogens with zero attached hydrogens (tertiary/aromatic N) is 2. The summed E-state index contributed by atoms with van der Waals surface area (Å²) in [7, 11) is 0. The molecule has 2 heterocycles. The number of amides is 1. The lowest BCUT2D eigenvalue weighted by Crippen LogP contribution is -3.09. The van der Waals surface area contributed by atoms with E-state index in [0.717, 1.165) is 28.6 Å². The molecule has 1 aliphatic heterocycles. The number of non-ortho nitro benzene ring substituents is 1. The minimum atomic E-state index is -0.663. The number of halogens is 2. The Labute approximate surface area is 239 Å². The van der Waals surface area contributed by atoms with Crippen molar-refractivity contribution in [1.29, 1.82) is 5.26 Å². The summed E-state index contributed by atoms with van der Waals surface area (Å²) in [4.78, 5) is 38.6. The highest BCUT2D eigenvalue weighted by molar-refractivity contribution is 8.03. The number of thioether (sulfide) groups is 1. The van der Waals surface area contributed by atoms with Gasteiger partial charge in [0.1, 0.15) is 17.3 Å². The summed E-state index contributed by atoms with van der Waals surface area (Å²) in [6.07, 6.45) is 3.47. The van der Waals surface area contributed by atoms with Gasteiger partial charge in [-0.3, -0.25) is 19.8 Å². The van der Waals surface area contributed by atoms with Gasteiger partial charge in [0, 0.05) is 36.8 Å². The predicted molar refractivity (Wildman–Crippen MR) is 128 cm³/mol. The van der Waals surface area contributed by atoms with E-state index in [9.17, 15) is 25.0 Å². The van der Waals surface area contributed by atoms with Gasteiger partial charge in [0.15, 0.2) is 24.0 Å². The van der Waals surface area contributed by atoms with Crippen LogP contribution in [0, 0.1) is 21.4 Å². The highest BCUT2D eigenvalue weighted by Crippen LogP contribution is 2.43. The lowest BCUT2D eigenvalue weighted by Gasteiger charge is -2.33. The molecule has 0 spiro atoms. The smallest absolute Gasteiger partial charge is 0.362 e. The van der Waals surface area contributed by atoms with Crippen molar-refractivity contribution < 1.29 is 63.1 Å². The molecule has 2 unspecified atom stereocenters. The zero-order valence-electron chi connectivity index (χ0n) is 20.0. The second-order valence-corrected chi connectivity index (χ2v) is 8.67. The molecule has 13 heteroatoms. The number of allylic oxidation sites excluding steroid dienone is 3. The van der Waals surface area contributed by atoms with Crippen LogP contribution in [0.15, 0.2) is 65.1 Å². The van der Waals surface area contributed by atoms with Gasteiger partial charge in [-0.25, -0.2) is 9.78 Å². The summed E-state index contributed by atoms with van der Waals surface area (Å²) in [6.45, 7) is 3.64. The molecule has 196 valence electrons. The van der Waals surface area contributed by atoms with Gasteiger partial charge in [-0.15, -0.1) is 0 Å². The van der Waals surface area contributed by atoms with Gasteiger partial charge >= 0.3 is 5.97 Å². The third kappa shape index (κ3) is 7.48. The number of hydrogen-bond donors (Lipinski definition) is 2. The maximum absolute atomic E-state index is 12.5. The number of benzene rings is 1. The molecule has 1 aromatic heterocycles. The molecule has 1 amide bonds. The number of primary amides is 1. The number of quaternary nitrogens is 1. The molecular weight excluding hydrogens is 630 g/mol. The van der Waals surface area contributed by atoms with E-state index >= 15 is 0 Å². The number of aromatic nitrogens is 1. The molecule has 0 fully saturated rings. The molecule has 0 aliphatic carbocycles. The van der Waals surface area contributed by atoms with E-state index in [1.807, 2.05) is 19.1 Å². The maximum atomic E-state index is 12.5. The van der Waals surface area contributed by atoms with Crippen LogP contribution in [0.2, 0.25) is 0 Å². The Morgan fingerprint density at radius 2 is 1.95 bits per heavy atom. The molecule has 37 heavy (non-hydrogen) atoms. The van der Waals surface area contributed by atoms with Crippen molar-refractivity contribution in [3.8, 4) is 6.07 Å². The van der Waals surface area contributed by atoms with Gasteiger partial charge in [-0.1, -0.05) is 23.9 Å². The van der Waals surface area contributed by atoms with Gasteiger partial charge in [0.2, 0.25) is 5.91 Å². The van der Waals surface area contributed by atoms with Crippen molar-refractivity contribution in [2.75, 3.05) is 18.9 Å². The Morgan fingerprint density at radius 1 is 1.27 bits per heavy atom. The number of rotatable bonds is 9. The number of carbonyl (C=O) groups is 2. The Morgan fingerprint density at radius 3 is 2.51 bits per heavy atom. The van der Waals surface area contributed by atoms with Crippen LogP contribution >= 0.6 is 11.8 Å². The van der Waals surface area contributed by atoms with Gasteiger partial charge in [0.25, 0.3) is 5.69 Å². The highest BCUT2D eigenvalue weighted by atomic mass is 79.9. The van der Waals surface area contributed by atoms with Crippen molar-refractivity contribution >= 4 is 34.9 Å². The number of nitrogens with two attached hydrogens (primary N) is 1. The number of aromatic amines is 1. The van der Waals surface area contributed by atoms with Crippen molar-refractivity contribution in [3.63, 3.8) is 0 Å². The minimum Gasteiger partial charge on any atom is -1.00 e. The largest absolute Gasteiger partial charge is 1.00 e. The first kappa shape index (κ1) is 32.0. The zero-order chi connectivity index (χ0) is 25.5. The molecule has 2 aromatic rings. The summed E-state index contributed by atoms with van der Waals surface area (Å²) in [5, 5.41) is 22.3. The monoisotopic (exact) mass is 653 g/mol. The molecule has 3 rings (SSSR count). The van der Waals surface area contributed by atoms with Crippen LogP contribution in [0.25, 0.3) is 5.57 Å². The summed E-state index contributed by atoms with van der Waals surface area (Å²) in [5.74, 6) is -1.81. The highest BCUT2D eigenvalue weighted by Gasteiger charge is 2.41. The van der Waals surface area contributed by atoms with Gasteiger partial charge in [-0.2, -0.15) is 5.26 Å². The van der Waals surface area contributed by atoms with E-state index in [1.54, 1.807) is 31.5 Å². The van der Waals surface area contributed by atoms with Crippen molar-refractivity contribution in [2.45, 2.75) is 19.8 Å². The summed E-state index contributed by atoms with van der Waals surface area (Å²) >= 11 is 1.08. The first-order valence-corrected chi connectivity index (χ1v) is 11.8. The summed E-state index contributed by atoms with van der Waals surface area (Å²) in [6, 6.07) is 12.0. The fraction of sp³-hybridized carbons (Fsp3) is 0.250. The number of nitro groups is 1. The standard InChI is InChI=1S/C24H23N5O5S.2BrH/c1-3-34-21(31)13-28-15(2)22(16-7-9-27-10-8-16)23(17-5-4-6-18(11-17)29(32)33)19(12-25)24(28)35-14-20(26)30;;/h4-11,23H,3,13-14H2,1-2H3,(H2,26,30);2*1H. The molecule has 4 N–H and O–H groups in total. The lowest BCUT2D eigenvalue weighted by molar-refractivity contribution is -0.803. The molecule has 0 saturated heterocycles. The first-order chi connectivity index (χ1) is 16.8. The fourth-order valence-electron chi connectivity index (χ4n) is 4.08. The number of hydrogen-bond acceptors (Lipinski definition) is 7. The molecule has 1 aromatic carbocycles. The summed E-state index contributed by atoms with van der Waals surface area (Å²) in [5.41, 5.74) is 8.36. The average molecular weight is 655 g/mol. The average Bonchev–Trinajstić information content (AvgIpc) is 2.84. The van der Waals surface area contributed by atoms with E-state index in [2.05, 4.69) is 11.1 Å². The van der Waals surface area contributed by atoms with Crippen molar-refractivity contribution in [1.82, 2.24) is 0 Å². The zero-order valence-corrected chi connectivity index (χ0v) is 24.0. The maximum Gasteiger partial charge on any atom is 0.362 e. The van der Waals surface area contributed by atoms with E-state index in [4.69, 9.17) is 10.5 Å². The molecule has 1 aliphatic rings. The number of nitriles is 1. The molecule has 2 atom stereocenters. The van der Waals surface area contributed by atoms with Crippen LogP contribution in [0.5, 0.6) is 0 Å². The Hall–Kier alpha value is -3.05. The second kappa shape index (κ2) is 14.6. The number of H-pyrrole nitrogens is 1. The number of nitro benzene ring substituents is 1. The second-order valence-electron chi connectivity index (χ2n) is 7.68. The van der Waals surface area contributed by atoms with Crippen molar-refractivity contribution in [2.24, 2.45) is 5.73 Å². The summed E-state index contributed by atoms with van der Waals surface area (Å²) < 4.78 is 5.16. The van der Waals surface area contributed by atoms with E-state index < -0.39 is 22.7 Å². The molecule has 0 bridgehead atoms. The molecule has 0 saturated carbocycles. The van der Waals surface area contributed by atoms with E-state index in [0.29, 0.717) is 15.5 Å². The third-order valence-electron chi connectivity index (χ3n) is 5.50. The van der Waals surface area contributed by atoms with Crippen LogP contribution < -0.4 is 49.6 Å². The van der Waals surface area contributed by atoms with Crippen LogP contribution in [0.3, 0.4) is 0 Å². The van der Waals surface area contributed by atoms with E-state index in [-0.39, 0.29) is 64.1 Å². The minimum absolute atomic E-state index is 0. The number of nitrogens with one attached hydrogen (secondary N) is 2. The van der Waals surface area contributed by atoms with Crippen LogP contribution in [0.1, 0.15) is 30.9 Å². The molecular formula is C24H25Br2N5O5S. The van der Waals surface area contributed by atoms with E-state index in [1.165, 1.54) is 12.1 Å². The molecule has 0 radical (unpaired) electrons. The van der Waals surface area contributed by atoms with Crippen molar-refractivity contribution in [3.05, 3.63) is 86.3 Å². The Bertz CT molecular complexity index is 1260. The first-order valence-electron chi connectivity index (χ1n) is 10.8. The topological polar surface area (TPSA) is 155 Å². The van der Waals surface area contributed by atoms with Gasteiger partial charge in [0.05, 0.1) is 23.2 Å². The van der Waals surface area contributed by atoms with Crippen LogP contribution in [0.4, 0.5) is 5.69 Å². The van der Waals surface area contributed by atoms with Gasteiger partial charge in [-0.05, 0) is 18.1 Å². The SMILES string of the molecule is CCOC(=O)C[NH+]1C(C)=C(c2cc[nH+]cc2)C(c2cccc([N+](=O)[O-])c2)C(C#N)=C1SCC(N)=O.[Br-].[Br-]. The normalized spacial score (nSPS) is 16.7. The fourth-order valence-corrected chi connectivity index (χ4v) is 5.09. The van der Waals surface area contributed by atoms with Crippen LogP contribution in [-0.4, -0.2) is 35.7 Å². The van der Waals surface area contributed by atoms with Gasteiger partial charge < -0.3 is 44.4 Å². The Kier molecular flexibility index (Phi) is 12.6. The quantitative estimate of drug-likeness (QED) is 0.157. The number of ether oxygens (including phenoxy) is 1. The third-order valence-corrected chi connectivity index (χ3v) is 6.69. The molecule has 10 nitrogen and oxygen atoms in total. The van der Waals surface area contributed by atoms with Crippen LogP contribution in [-0.2, 0) is 14.3 Å². The number of carbonyl (C=O) groups excluding carboxylic acids is 2. The number of pyridine rings is 1.